The van der Waals surface area contributed by atoms with Crippen LogP contribution in [0.4, 0.5) is 10.1 Å². The summed E-state index contributed by atoms with van der Waals surface area (Å²) in [6.45, 7) is 1.58. The number of fused-ring (bicyclic) bond motifs is 2. The summed E-state index contributed by atoms with van der Waals surface area (Å²) in [4.78, 5) is 49.3. The van der Waals surface area contributed by atoms with Gasteiger partial charge >= 0.3 is 0 Å². The van der Waals surface area contributed by atoms with Crippen LogP contribution in [0.1, 0.15) is 42.5 Å². The third kappa shape index (κ3) is 5.68. The molecule has 2 atom stereocenters. The Balaban J connectivity index is 1.21. The summed E-state index contributed by atoms with van der Waals surface area (Å²) >= 11 is 0. The minimum absolute atomic E-state index is 0.00175. The fraction of sp³-hybridized carbons (Fsp3) is 0.357. The van der Waals surface area contributed by atoms with Gasteiger partial charge in [0.1, 0.15) is 17.2 Å². The summed E-state index contributed by atoms with van der Waals surface area (Å²) in [6, 6.07) is 9.03. The van der Waals surface area contributed by atoms with Crippen LogP contribution in [0, 0.1) is 5.82 Å². The molecule has 1 fully saturated rings. The molecule has 210 valence electrons. The number of likely N-dealkylation sites (tertiary alicyclic amines) is 1. The van der Waals surface area contributed by atoms with Crippen molar-refractivity contribution in [2.24, 2.45) is 0 Å². The third-order valence-electron chi connectivity index (χ3n) is 7.18. The molecule has 1 saturated heterocycles. The molecule has 40 heavy (non-hydrogen) atoms. The molecule has 1 aliphatic heterocycles. The Morgan fingerprint density at radius 2 is 1.88 bits per heavy atom. The fourth-order valence-electron chi connectivity index (χ4n) is 5.11. The van der Waals surface area contributed by atoms with Gasteiger partial charge in [-0.15, -0.1) is 0 Å². The number of carbonyl (C=O) groups excluding carboxylic acids is 2. The van der Waals surface area contributed by atoms with E-state index in [0.29, 0.717) is 29.7 Å². The first-order chi connectivity index (χ1) is 19.2. The maximum atomic E-state index is 14.4. The lowest BCUT2D eigenvalue weighted by atomic mass is 10.1. The zero-order valence-electron chi connectivity index (χ0n) is 21.7. The minimum atomic E-state index is -0.948. The number of aliphatic hydroxyl groups excluding tert-OH is 2. The quantitative estimate of drug-likeness (QED) is 0.185. The van der Waals surface area contributed by atoms with Gasteiger partial charge in [0, 0.05) is 25.2 Å². The normalized spacial score (nSPS) is 15.0. The Bertz CT molecular complexity index is 1630. The van der Waals surface area contributed by atoms with Crippen LogP contribution in [0.15, 0.2) is 41.2 Å². The van der Waals surface area contributed by atoms with E-state index in [1.54, 1.807) is 29.2 Å². The minimum Gasteiger partial charge on any atom is -0.397 e. The summed E-state index contributed by atoms with van der Waals surface area (Å²) in [7, 11) is 0. The van der Waals surface area contributed by atoms with Crippen molar-refractivity contribution in [1.29, 1.82) is 0 Å². The number of carbonyl (C=O) groups is 2. The molecule has 7 N–H and O–H groups in total. The molecule has 3 heterocycles. The molecule has 12 heteroatoms. The van der Waals surface area contributed by atoms with E-state index in [1.165, 1.54) is 12.1 Å². The zero-order valence-corrected chi connectivity index (χ0v) is 21.7. The van der Waals surface area contributed by atoms with Crippen molar-refractivity contribution in [3.63, 3.8) is 0 Å². The topological polar surface area (TPSA) is 177 Å². The monoisotopic (exact) mass is 550 g/mol. The maximum absolute atomic E-state index is 14.4. The van der Waals surface area contributed by atoms with Crippen LogP contribution in [-0.4, -0.2) is 73.7 Å². The van der Waals surface area contributed by atoms with E-state index in [2.05, 4.69) is 20.3 Å². The molecule has 4 aromatic rings. The van der Waals surface area contributed by atoms with E-state index in [-0.39, 0.29) is 65.6 Å². The number of nitrogen functional groups attached to an aromatic ring is 1. The number of aliphatic hydroxyl groups is 2. The van der Waals surface area contributed by atoms with Crippen molar-refractivity contribution in [3.8, 4) is 11.4 Å². The Morgan fingerprint density at radius 1 is 1.10 bits per heavy atom. The molecule has 5 rings (SSSR count). The van der Waals surface area contributed by atoms with Crippen molar-refractivity contribution < 1.29 is 24.2 Å². The fourth-order valence-corrected chi connectivity index (χ4v) is 5.11. The molecule has 0 saturated carbocycles. The summed E-state index contributed by atoms with van der Waals surface area (Å²) in [5, 5.41) is 23.2. The average Bonchev–Trinajstić information content (AvgIpc) is 3.58. The van der Waals surface area contributed by atoms with Crippen molar-refractivity contribution in [2.75, 3.05) is 25.4 Å². The summed E-state index contributed by atoms with van der Waals surface area (Å²) < 4.78 is 14.4. The Labute approximate surface area is 228 Å². The van der Waals surface area contributed by atoms with Gasteiger partial charge in [-0.1, -0.05) is 6.07 Å². The van der Waals surface area contributed by atoms with Crippen LogP contribution in [-0.2, 0) is 4.79 Å². The highest BCUT2D eigenvalue weighted by molar-refractivity contribution is 6.00. The largest absolute Gasteiger partial charge is 0.397 e. The molecular formula is C28H31FN6O5. The highest BCUT2D eigenvalue weighted by Gasteiger charge is 2.23. The van der Waals surface area contributed by atoms with Gasteiger partial charge in [0.15, 0.2) is 0 Å². The number of aromatic amines is 2. The van der Waals surface area contributed by atoms with Crippen LogP contribution >= 0.6 is 0 Å². The van der Waals surface area contributed by atoms with Crippen molar-refractivity contribution in [3.05, 3.63) is 58.1 Å². The lowest BCUT2D eigenvalue weighted by molar-refractivity contribution is -0.132. The number of aromatic nitrogens is 3. The average molecular weight is 551 g/mol. The molecule has 11 nitrogen and oxygen atoms in total. The predicted molar refractivity (Wildman–Crippen MR) is 148 cm³/mol. The second-order valence-electron chi connectivity index (χ2n) is 10.1. The molecular weight excluding hydrogens is 519 g/mol. The Morgan fingerprint density at radius 3 is 2.65 bits per heavy atom. The molecule has 0 spiro atoms. The number of halogens is 1. The zero-order chi connectivity index (χ0) is 28.4. The van der Waals surface area contributed by atoms with Gasteiger partial charge in [-0.25, -0.2) is 9.37 Å². The van der Waals surface area contributed by atoms with Gasteiger partial charge in [-0.05, 0) is 56.0 Å². The molecule has 2 aromatic carbocycles. The standard InChI is InChI=1S/C28H31FN6O5/c29-18-4-3-5-20-23(18)25(30)24(28(40)34-20)26-32-19-7-6-15(12-21(19)33-26)27(39)31-9-8-16(36)13-17(37)14-22(38)35-10-1-2-11-35/h3-7,12,16-17,36-37H,1-2,8-11,13-14H2,(H,31,39)(H,32,33)(H3,30,34,40)/t16-,17-/m1/s1. The molecule has 0 radical (unpaired) electrons. The Hall–Kier alpha value is -4.29. The smallest absolute Gasteiger partial charge is 0.261 e. The van der Waals surface area contributed by atoms with Crippen LogP contribution in [0.5, 0.6) is 0 Å². The van der Waals surface area contributed by atoms with Crippen LogP contribution in [0.3, 0.4) is 0 Å². The van der Waals surface area contributed by atoms with Gasteiger partial charge in [0.25, 0.3) is 11.5 Å². The third-order valence-corrected chi connectivity index (χ3v) is 7.18. The number of amides is 2. The molecule has 0 bridgehead atoms. The van der Waals surface area contributed by atoms with Gasteiger partial charge in [0.2, 0.25) is 5.91 Å². The number of hydrogen-bond donors (Lipinski definition) is 6. The Kier molecular flexibility index (Phi) is 7.81. The van der Waals surface area contributed by atoms with E-state index >= 15 is 0 Å². The predicted octanol–water partition coefficient (Wildman–Crippen LogP) is 2.04. The van der Waals surface area contributed by atoms with Crippen LogP contribution in [0.2, 0.25) is 0 Å². The number of H-pyrrole nitrogens is 2. The first-order valence-corrected chi connectivity index (χ1v) is 13.2. The number of pyridine rings is 1. The molecule has 0 unspecified atom stereocenters. The first-order valence-electron chi connectivity index (χ1n) is 13.2. The lowest BCUT2D eigenvalue weighted by Gasteiger charge is -2.19. The van der Waals surface area contributed by atoms with Gasteiger partial charge in [-0.2, -0.15) is 0 Å². The maximum Gasteiger partial charge on any atom is 0.261 e. The molecule has 0 aliphatic carbocycles. The second kappa shape index (κ2) is 11.4. The number of nitrogens with zero attached hydrogens (tertiary/aromatic N) is 2. The number of nitrogens with one attached hydrogen (secondary N) is 3. The van der Waals surface area contributed by atoms with Gasteiger partial charge in [0.05, 0.1) is 46.3 Å². The van der Waals surface area contributed by atoms with E-state index in [0.717, 1.165) is 12.8 Å². The summed E-state index contributed by atoms with van der Waals surface area (Å²) in [5.41, 5.74) is 7.14. The SMILES string of the molecule is Nc1c(-c2nc3ccc(C(=O)NCC[C@@H](O)C[C@@H](O)CC(=O)N4CCCC4)cc3[nH]2)c(=O)[nH]c2cccc(F)c12. The van der Waals surface area contributed by atoms with E-state index in [4.69, 9.17) is 5.73 Å². The van der Waals surface area contributed by atoms with Crippen LogP contribution < -0.4 is 16.6 Å². The van der Waals surface area contributed by atoms with Crippen LogP contribution in [0.25, 0.3) is 33.3 Å². The van der Waals surface area contributed by atoms with Crippen molar-refractivity contribution >= 4 is 39.4 Å². The number of rotatable bonds is 9. The highest BCUT2D eigenvalue weighted by Crippen LogP contribution is 2.30. The van der Waals surface area contributed by atoms with E-state index in [9.17, 15) is 29.0 Å². The number of nitrogens with two attached hydrogens (primary N) is 1. The molecule has 1 aliphatic rings. The number of benzene rings is 2. The second-order valence-corrected chi connectivity index (χ2v) is 10.1. The van der Waals surface area contributed by atoms with Gasteiger partial charge < -0.3 is 36.1 Å². The van der Waals surface area contributed by atoms with E-state index in [1.807, 2.05) is 0 Å². The van der Waals surface area contributed by atoms with Gasteiger partial charge in [-0.3, -0.25) is 14.4 Å². The highest BCUT2D eigenvalue weighted by atomic mass is 19.1. The summed E-state index contributed by atoms with van der Waals surface area (Å²) in [6.07, 6.45) is 0.335. The first kappa shape index (κ1) is 27.3. The molecule has 2 aromatic heterocycles. The lowest BCUT2D eigenvalue weighted by Crippen LogP contribution is -2.33. The van der Waals surface area contributed by atoms with Crippen molar-refractivity contribution in [1.82, 2.24) is 25.2 Å². The van der Waals surface area contributed by atoms with E-state index < -0.39 is 23.6 Å². The number of hydrogen-bond acceptors (Lipinski definition) is 7. The molecule has 2 amide bonds. The summed E-state index contributed by atoms with van der Waals surface area (Å²) in [5.74, 6) is -0.929. The number of imidazole rings is 1. The van der Waals surface area contributed by atoms with Crippen molar-refractivity contribution in [2.45, 2.75) is 44.3 Å². The number of anilines is 1.